The molecule has 0 unspecified atom stereocenters. The molecule has 0 spiro atoms. The van der Waals surface area contributed by atoms with Gasteiger partial charge in [0.25, 0.3) is 5.91 Å². The van der Waals surface area contributed by atoms with Crippen LogP contribution in [0.2, 0.25) is 5.02 Å². The zero-order chi connectivity index (χ0) is 17.3. The lowest BCUT2D eigenvalue weighted by molar-refractivity contribution is 0.0997. The molecule has 5 heteroatoms. The SMILES string of the molecule is Cc1cc(NC(=O)c2ccc(-c3cccc(Cl)c3)o2)c(C)cc1I. The molecule has 1 aromatic heterocycles. The Hall–Kier alpha value is -1.79. The molecule has 0 saturated carbocycles. The average molecular weight is 452 g/mol. The molecule has 0 aliphatic rings. The van der Waals surface area contributed by atoms with Crippen molar-refractivity contribution in [3.63, 3.8) is 0 Å². The number of hydrogen-bond donors (Lipinski definition) is 1. The molecule has 3 nitrogen and oxygen atoms in total. The first-order valence-corrected chi connectivity index (χ1v) is 8.83. The van der Waals surface area contributed by atoms with E-state index < -0.39 is 0 Å². The van der Waals surface area contributed by atoms with Gasteiger partial charge in [-0.15, -0.1) is 0 Å². The highest BCUT2D eigenvalue weighted by Crippen LogP contribution is 2.26. The van der Waals surface area contributed by atoms with E-state index in [0.717, 1.165) is 22.4 Å². The van der Waals surface area contributed by atoms with Crippen molar-refractivity contribution < 1.29 is 9.21 Å². The third kappa shape index (κ3) is 3.65. The number of carbonyl (C=O) groups is 1. The fourth-order valence-electron chi connectivity index (χ4n) is 2.36. The second-order valence-electron chi connectivity index (χ2n) is 5.54. The first-order chi connectivity index (χ1) is 11.4. The van der Waals surface area contributed by atoms with Gasteiger partial charge in [-0.3, -0.25) is 4.79 Å². The summed E-state index contributed by atoms with van der Waals surface area (Å²) < 4.78 is 6.85. The second-order valence-corrected chi connectivity index (χ2v) is 7.14. The monoisotopic (exact) mass is 451 g/mol. The number of carbonyl (C=O) groups excluding carboxylic acids is 1. The highest BCUT2D eigenvalue weighted by Gasteiger charge is 2.14. The zero-order valence-electron chi connectivity index (χ0n) is 13.2. The van der Waals surface area contributed by atoms with Crippen molar-refractivity contribution in [1.29, 1.82) is 0 Å². The van der Waals surface area contributed by atoms with Gasteiger partial charge >= 0.3 is 0 Å². The Kier molecular flexibility index (Phi) is 4.96. The molecule has 3 aromatic rings. The number of amides is 1. The zero-order valence-corrected chi connectivity index (χ0v) is 16.1. The Morgan fingerprint density at radius 3 is 2.62 bits per heavy atom. The Morgan fingerprint density at radius 2 is 1.88 bits per heavy atom. The summed E-state index contributed by atoms with van der Waals surface area (Å²) >= 11 is 8.28. The van der Waals surface area contributed by atoms with Crippen LogP contribution in [-0.4, -0.2) is 5.91 Å². The van der Waals surface area contributed by atoms with Crippen LogP contribution >= 0.6 is 34.2 Å². The molecule has 1 heterocycles. The van der Waals surface area contributed by atoms with Crippen LogP contribution in [0, 0.1) is 17.4 Å². The van der Waals surface area contributed by atoms with Crippen LogP contribution in [-0.2, 0) is 0 Å². The summed E-state index contributed by atoms with van der Waals surface area (Å²) in [6, 6.07) is 14.8. The van der Waals surface area contributed by atoms with Crippen molar-refractivity contribution in [1.82, 2.24) is 0 Å². The van der Waals surface area contributed by atoms with Crippen LogP contribution in [0.3, 0.4) is 0 Å². The van der Waals surface area contributed by atoms with Crippen LogP contribution in [0.15, 0.2) is 52.9 Å². The van der Waals surface area contributed by atoms with Crippen LogP contribution in [0.25, 0.3) is 11.3 Å². The first kappa shape index (κ1) is 17.0. The maximum absolute atomic E-state index is 12.4. The highest BCUT2D eigenvalue weighted by atomic mass is 127. The Labute approximate surface area is 159 Å². The van der Waals surface area contributed by atoms with Gasteiger partial charge in [0, 0.05) is 19.8 Å². The number of nitrogens with one attached hydrogen (secondary N) is 1. The smallest absolute Gasteiger partial charge is 0.291 e. The summed E-state index contributed by atoms with van der Waals surface area (Å²) in [4.78, 5) is 12.4. The topological polar surface area (TPSA) is 42.2 Å². The lowest BCUT2D eigenvalue weighted by Crippen LogP contribution is -2.12. The normalized spacial score (nSPS) is 10.7. The van der Waals surface area contributed by atoms with Gasteiger partial charge in [-0.1, -0.05) is 23.7 Å². The number of anilines is 1. The molecule has 0 bridgehead atoms. The number of halogens is 2. The van der Waals surface area contributed by atoms with Crippen LogP contribution in [0.1, 0.15) is 21.7 Å². The Balaban J connectivity index is 1.83. The van der Waals surface area contributed by atoms with E-state index in [0.29, 0.717) is 10.8 Å². The van der Waals surface area contributed by atoms with Gasteiger partial charge in [-0.2, -0.15) is 0 Å². The number of benzene rings is 2. The molecule has 1 amide bonds. The fourth-order valence-corrected chi connectivity index (χ4v) is 3.17. The van der Waals surface area contributed by atoms with E-state index >= 15 is 0 Å². The van der Waals surface area contributed by atoms with Crippen molar-refractivity contribution in [2.45, 2.75) is 13.8 Å². The first-order valence-electron chi connectivity index (χ1n) is 7.38. The average Bonchev–Trinajstić information content (AvgIpc) is 3.02. The molecular weight excluding hydrogens is 437 g/mol. The minimum Gasteiger partial charge on any atom is -0.451 e. The van der Waals surface area contributed by atoms with E-state index in [1.807, 2.05) is 38.1 Å². The van der Waals surface area contributed by atoms with Crippen molar-refractivity contribution in [2.75, 3.05) is 5.32 Å². The number of furan rings is 1. The van der Waals surface area contributed by atoms with Crippen LogP contribution in [0.4, 0.5) is 5.69 Å². The number of rotatable bonds is 3. The minimum atomic E-state index is -0.271. The molecular formula is C19H15ClINO2. The van der Waals surface area contributed by atoms with Crippen molar-refractivity contribution in [3.8, 4) is 11.3 Å². The van der Waals surface area contributed by atoms with Gasteiger partial charge in [-0.05, 0) is 84.0 Å². The minimum absolute atomic E-state index is 0.264. The molecule has 3 rings (SSSR count). The molecule has 122 valence electrons. The highest BCUT2D eigenvalue weighted by molar-refractivity contribution is 14.1. The lowest BCUT2D eigenvalue weighted by Gasteiger charge is -2.09. The molecule has 0 radical (unpaired) electrons. The van der Waals surface area contributed by atoms with Crippen molar-refractivity contribution in [2.24, 2.45) is 0 Å². The maximum atomic E-state index is 12.4. The summed E-state index contributed by atoms with van der Waals surface area (Å²) in [5, 5.41) is 3.53. The molecule has 0 saturated heterocycles. The van der Waals surface area contributed by atoms with Gasteiger partial charge in [0.05, 0.1) is 0 Å². The van der Waals surface area contributed by atoms with Crippen molar-refractivity contribution in [3.05, 3.63) is 74.0 Å². The molecule has 0 aliphatic carbocycles. The van der Waals surface area contributed by atoms with Gasteiger partial charge in [0.2, 0.25) is 0 Å². The lowest BCUT2D eigenvalue weighted by atomic mass is 10.1. The number of hydrogen-bond acceptors (Lipinski definition) is 2. The summed E-state index contributed by atoms with van der Waals surface area (Å²) in [5.41, 5.74) is 3.76. The van der Waals surface area contributed by atoms with E-state index in [1.165, 1.54) is 3.57 Å². The number of aryl methyl sites for hydroxylation is 2. The Bertz CT molecular complexity index is 917. The van der Waals surface area contributed by atoms with E-state index in [-0.39, 0.29) is 11.7 Å². The maximum Gasteiger partial charge on any atom is 0.291 e. The van der Waals surface area contributed by atoms with E-state index in [9.17, 15) is 4.79 Å². The summed E-state index contributed by atoms with van der Waals surface area (Å²) in [6.07, 6.45) is 0. The second kappa shape index (κ2) is 6.99. The molecule has 2 aromatic carbocycles. The quantitative estimate of drug-likeness (QED) is 0.491. The summed E-state index contributed by atoms with van der Waals surface area (Å²) in [7, 11) is 0. The van der Waals surface area contributed by atoms with Crippen LogP contribution < -0.4 is 5.32 Å². The largest absolute Gasteiger partial charge is 0.451 e. The van der Waals surface area contributed by atoms with Gasteiger partial charge in [0.1, 0.15) is 5.76 Å². The van der Waals surface area contributed by atoms with E-state index in [4.69, 9.17) is 16.0 Å². The van der Waals surface area contributed by atoms with Crippen LogP contribution in [0.5, 0.6) is 0 Å². The molecule has 0 aliphatic heterocycles. The predicted octanol–water partition coefficient (Wildman–Crippen LogP) is 6.07. The third-order valence-electron chi connectivity index (χ3n) is 3.69. The van der Waals surface area contributed by atoms with E-state index in [1.54, 1.807) is 24.3 Å². The molecule has 0 atom stereocenters. The third-order valence-corrected chi connectivity index (χ3v) is 5.09. The Morgan fingerprint density at radius 1 is 1.08 bits per heavy atom. The fraction of sp³-hybridized carbons (Fsp3) is 0.105. The summed E-state index contributed by atoms with van der Waals surface area (Å²) in [5.74, 6) is 0.603. The van der Waals surface area contributed by atoms with Crippen molar-refractivity contribution >= 4 is 45.8 Å². The predicted molar refractivity (Wildman–Crippen MR) is 106 cm³/mol. The molecule has 0 fully saturated rings. The summed E-state index contributed by atoms with van der Waals surface area (Å²) in [6.45, 7) is 3.98. The van der Waals surface area contributed by atoms with E-state index in [2.05, 4.69) is 27.9 Å². The van der Waals surface area contributed by atoms with Gasteiger partial charge in [-0.25, -0.2) is 0 Å². The van der Waals surface area contributed by atoms with Gasteiger partial charge in [0.15, 0.2) is 5.76 Å². The standard InChI is InChI=1S/C19H15ClINO2/c1-11-9-16(12(2)8-15(11)21)22-19(23)18-7-6-17(24-18)13-4-3-5-14(20)10-13/h3-10H,1-2H3,(H,22,23). The van der Waals surface area contributed by atoms with Gasteiger partial charge < -0.3 is 9.73 Å². The molecule has 24 heavy (non-hydrogen) atoms. The molecule has 1 N–H and O–H groups in total.